The van der Waals surface area contributed by atoms with Crippen LogP contribution in [0.15, 0.2) is 30.3 Å². The van der Waals surface area contributed by atoms with Gasteiger partial charge in [-0.2, -0.15) is 0 Å². The molecule has 0 aliphatic rings. The van der Waals surface area contributed by atoms with E-state index < -0.39 is 10.7 Å². The van der Waals surface area contributed by atoms with Crippen LogP contribution in [0, 0.1) is 61.4 Å². The Labute approximate surface area is 277 Å². The predicted octanol–water partition coefficient (Wildman–Crippen LogP) is -1.56. The van der Waals surface area contributed by atoms with Crippen LogP contribution in [-0.2, 0) is 10.7 Å². The molecule has 0 radical (unpaired) electrons. The zero-order chi connectivity index (χ0) is 18.0. The molecule has 3 N–H and O–H groups in total. The molecule has 1 aromatic rings. The summed E-state index contributed by atoms with van der Waals surface area (Å²) in [4.78, 5) is 17.0. The standard InChI is InChI=1S/C7H8N2O.6CN.Fe.3K.3H/c8-9-7(10)6-4-2-1-3-5-6;6*1-2;;;;;;;/h1-5H,8H2,(H,9,10);;;;;;;;;;;;;. The molecule has 26 heavy (non-hydrogen) atoms. The van der Waals surface area contributed by atoms with Crippen molar-refractivity contribution in [2.75, 3.05) is 0 Å². The molecule has 0 aliphatic carbocycles. The second-order valence-electron chi connectivity index (χ2n) is 3.64. The van der Waals surface area contributed by atoms with E-state index in [9.17, 15) is 4.79 Å². The summed E-state index contributed by atoms with van der Waals surface area (Å²) in [6.45, 7) is 0. The Morgan fingerprint density at radius 1 is 0.769 bits per heavy atom. The van der Waals surface area contributed by atoms with Crippen LogP contribution in [0.25, 0.3) is 0 Å². The third-order valence-electron chi connectivity index (χ3n) is 2.35. The van der Waals surface area contributed by atoms with Gasteiger partial charge in [-0.15, -0.1) is 0 Å². The van der Waals surface area contributed by atoms with Crippen LogP contribution in [0.5, 0.6) is 0 Å². The average Bonchev–Trinajstić information content (AvgIpc) is 2.67. The van der Waals surface area contributed by atoms with Gasteiger partial charge < -0.3 is 0 Å². The average molecular weight is 468 g/mol. The van der Waals surface area contributed by atoms with Crippen molar-refractivity contribution in [3.05, 3.63) is 35.9 Å². The SMILES string of the molecule is N#[C][Fe]([C]#N)([C]#N)([C]#N)([C]#N)[C]#N.NNC(=O)c1ccccc1.[KH].[KH].[KH]. The number of hydrogen-bond acceptors (Lipinski definition) is 8. The number of amides is 1. The molecule has 1 rings (SSSR count). The van der Waals surface area contributed by atoms with Crippen molar-refractivity contribution in [1.82, 2.24) is 5.43 Å². The first-order chi connectivity index (χ1) is 10.8. The normalized spacial score (nSPS) is 10.1. The molecule has 9 nitrogen and oxygen atoms in total. The molecule has 1 amide bonds. The number of hydrazine groups is 1. The molecule has 0 heterocycles. The van der Waals surface area contributed by atoms with Crippen molar-refractivity contribution in [2.24, 2.45) is 5.84 Å². The van der Waals surface area contributed by atoms with Gasteiger partial charge in [0.2, 0.25) is 0 Å². The summed E-state index contributed by atoms with van der Waals surface area (Å²) in [5, 5.41) is 51.5. The zero-order valence-electron chi connectivity index (χ0n) is 11.4. The first kappa shape index (κ1) is 34.5. The Kier molecular flexibility index (Phi) is 18.7. The summed E-state index contributed by atoms with van der Waals surface area (Å²) < 4.78 is 0. The van der Waals surface area contributed by atoms with Crippen molar-refractivity contribution in [1.29, 1.82) is 31.6 Å². The number of nitriles is 6. The number of carbonyl (C=O) groups is 1. The van der Waals surface area contributed by atoms with Crippen LogP contribution in [-0.4, -0.2) is 160 Å². The van der Waals surface area contributed by atoms with Gasteiger partial charge in [-0.3, -0.25) is 10.2 Å². The van der Waals surface area contributed by atoms with Gasteiger partial charge in [0.15, 0.2) is 0 Å². The van der Waals surface area contributed by atoms with Crippen LogP contribution >= 0.6 is 0 Å². The minimum absolute atomic E-state index is 0. The Balaban J connectivity index is -0.000000170. The quantitative estimate of drug-likeness (QED) is 0.213. The first-order valence-electron chi connectivity index (χ1n) is 5.31. The van der Waals surface area contributed by atoms with Gasteiger partial charge in [-0.05, 0) is 12.1 Å². The Morgan fingerprint density at radius 2 is 1.08 bits per heavy atom. The van der Waals surface area contributed by atoms with E-state index in [2.05, 4.69) is 0 Å². The minimum atomic E-state index is -6.17. The van der Waals surface area contributed by atoms with Crippen LogP contribution in [0.3, 0.4) is 0 Å². The first-order valence-corrected chi connectivity index (χ1v) is 8.62. The summed E-state index contributed by atoms with van der Waals surface area (Å²) in [5.74, 6) is 4.64. The number of rotatable bonds is 1. The van der Waals surface area contributed by atoms with Gasteiger partial charge in [0.05, 0.1) is 0 Å². The summed E-state index contributed by atoms with van der Waals surface area (Å²) in [6.07, 6.45) is 0. The molecule has 0 atom stereocenters. The predicted molar refractivity (Wildman–Crippen MR) is 93.2 cm³/mol. The summed E-state index contributed by atoms with van der Waals surface area (Å²) in [6, 6.07) is 8.80. The van der Waals surface area contributed by atoms with E-state index in [4.69, 9.17) is 37.4 Å². The van der Waals surface area contributed by atoms with E-state index in [1.54, 1.807) is 24.3 Å². The van der Waals surface area contributed by atoms with Gasteiger partial charge in [0.1, 0.15) is 0 Å². The second kappa shape index (κ2) is 14.1. The van der Waals surface area contributed by atoms with Gasteiger partial charge >= 0.3 is 226 Å². The molecule has 0 saturated carbocycles. The van der Waals surface area contributed by atoms with Gasteiger partial charge in [0, 0.05) is 5.56 Å². The van der Waals surface area contributed by atoms with Gasteiger partial charge in [-0.1, -0.05) is 18.2 Å². The van der Waals surface area contributed by atoms with E-state index >= 15 is 0 Å². The number of nitrogens with two attached hydrogens (primary N) is 1. The summed E-state index contributed by atoms with van der Waals surface area (Å²) in [7, 11) is -6.17. The number of nitrogens with one attached hydrogen (secondary N) is 1. The number of nitrogens with zero attached hydrogens (tertiary/aromatic N) is 6. The third kappa shape index (κ3) is 7.12. The molecule has 0 aliphatic heterocycles. The van der Waals surface area contributed by atoms with Crippen LogP contribution in [0.2, 0.25) is 0 Å². The maximum absolute atomic E-state index is 10.8. The van der Waals surface area contributed by atoms with Crippen LogP contribution in [0.1, 0.15) is 10.4 Å². The molecule has 13 heteroatoms. The molecular formula is C13H11FeK3N8O. The summed E-state index contributed by atoms with van der Waals surface area (Å²) >= 11 is 0. The van der Waals surface area contributed by atoms with Crippen LogP contribution in [0.4, 0.5) is 0 Å². The number of carbonyl (C=O) groups excluding carboxylic acids is 1. The van der Waals surface area contributed by atoms with E-state index in [1.807, 2.05) is 11.5 Å². The molecule has 120 valence electrons. The molecule has 0 spiro atoms. The van der Waals surface area contributed by atoms with E-state index in [0.29, 0.717) is 5.56 Å². The van der Waals surface area contributed by atoms with Crippen molar-refractivity contribution in [3.63, 3.8) is 0 Å². The fourth-order valence-electron chi connectivity index (χ4n) is 0.938. The van der Waals surface area contributed by atoms with Crippen molar-refractivity contribution in [2.45, 2.75) is 0 Å². The second-order valence-corrected chi connectivity index (χ2v) is 9.26. The molecule has 1 aromatic carbocycles. The molecule has 0 unspecified atom stereocenters. The Bertz CT molecular complexity index is 765. The molecule has 0 aromatic heterocycles. The monoisotopic (exact) mass is 468 g/mol. The number of nitrogen functional groups attached to an aromatic ring is 1. The zero-order valence-corrected chi connectivity index (χ0v) is 12.5. The fraction of sp³-hybridized carbons (Fsp3) is 0. The molecule has 0 bridgehead atoms. The molecular weight excluding hydrogens is 457 g/mol. The Hall–Kier alpha value is 1.02. The molecule has 0 saturated heterocycles. The van der Waals surface area contributed by atoms with Gasteiger partial charge in [0.25, 0.3) is 5.91 Å². The van der Waals surface area contributed by atoms with E-state index in [1.165, 1.54) is 0 Å². The molecule has 0 fully saturated rings. The van der Waals surface area contributed by atoms with Crippen molar-refractivity contribution < 1.29 is 15.5 Å². The van der Waals surface area contributed by atoms with Crippen molar-refractivity contribution >= 4 is 160 Å². The maximum atomic E-state index is 10.8. The third-order valence-corrected chi connectivity index (χ3v) is 6.06. The Morgan fingerprint density at radius 3 is 1.27 bits per heavy atom. The van der Waals surface area contributed by atoms with Crippen LogP contribution < -0.4 is 11.3 Å². The summed E-state index contributed by atoms with van der Waals surface area (Å²) in [5.41, 5.74) is 2.62. The fourth-order valence-corrected chi connectivity index (χ4v) is 1.77. The van der Waals surface area contributed by atoms with E-state index in [0.717, 1.165) is 29.8 Å². The van der Waals surface area contributed by atoms with E-state index in [-0.39, 0.29) is 160 Å². The number of hydrogen-bond donors (Lipinski definition) is 2. The topological polar surface area (TPSA) is 198 Å². The van der Waals surface area contributed by atoms with Gasteiger partial charge in [-0.25, -0.2) is 5.84 Å². The van der Waals surface area contributed by atoms with Crippen molar-refractivity contribution in [3.8, 4) is 29.8 Å². The number of benzene rings is 1.